The van der Waals surface area contributed by atoms with Crippen molar-refractivity contribution in [2.75, 3.05) is 13.2 Å². The van der Waals surface area contributed by atoms with Crippen LogP contribution in [-0.4, -0.2) is 13.2 Å². The minimum absolute atomic E-state index is 0.681. The van der Waals surface area contributed by atoms with E-state index in [0.29, 0.717) is 13.2 Å². The smallest absolute Gasteiger partial charge is 0.130 e. The van der Waals surface area contributed by atoms with E-state index in [1.807, 2.05) is 13.8 Å². The predicted octanol–water partition coefficient (Wildman–Crippen LogP) is 2.55. The first-order valence-corrected chi connectivity index (χ1v) is 5.98. The van der Waals surface area contributed by atoms with Crippen LogP contribution in [0, 0.1) is 0 Å². The molecule has 1 aromatic carbocycles. The summed E-state index contributed by atoms with van der Waals surface area (Å²) in [5.41, 5.74) is 1.24. The molecule has 0 saturated carbocycles. The second-order valence-electron chi connectivity index (χ2n) is 3.23. The Kier molecular flexibility index (Phi) is 4.90. The third-order valence-electron chi connectivity index (χ3n) is 2.17. The maximum atomic E-state index is 5.57. The number of hydrogen-bond acceptors (Lipinski definition) is 2. The van der Waals surface area contributed by atoms with Crippen molar-refractivity contribution in [2.45, 2.75) is 27.2 Å². The monoisotopic (exact) mass is 226 g/mol. The molecule has 0 aliphatic heterocycles. The highest BCUT2D eigenvalue weighted by Crippen LogP contribution is 2.23. The standard InChI is InChI=1S/C12H19O2P/c1-4-9-7-10(13-5-2)12(15)11(8-9)14-6-3/h7-8H,4-6,15H2,1-3H3. The molecule has 0 aliphatic rings. The van der Waals surface area contributed by atoms with Crippen LogP contribution < -0.4 is 14.8 Å². The van der Waals surface area contributed by atoms with E-state index >= 15 is 0 Å². The van der Waals surface area contributed by atoms with E-state index < -0.39 is 0 Å². The Bertz CT molecular complexity index is 296. The first-order valence-electron chi connectivity index (χ1n) is 5.40. The van der Waals surface area contributed by atoms with Gasteiger partial charge in [0, 0.05) is 0 Å². The van der Waals surface area contributed by atoms with E-state index in [4.69, 9.17) is 9.47 Å². The molecule has 0 aromatic heterocycles. The van der Waals surface area contributed by atoms with Crippen LogP contribution in [0.15, 0.2) is 12.1 Å². The van der Waals surface area contributed by atoms with Gasteiger partial charge < -0.3 is 9.47 Å². The first kappa shape index (κ1) is 12.3. The van der Waals surface area contributed by atoms with Crippen LogP contribution in [0.5, 0.6) is 11.5 Å². The summed E-state index contributed by atoms with van der Waals surface area (Å²) in [7, 11) is 2.69. The van der Waals surface area contributed by atoms with Gasteiger partial charge in [-0.25, -0.2) is 0 Å². The van der Waals surface area contributed by atoms with E-state index in [1.54, 1.807) is 0 Å². The van der Waals surface area contributed by atoms with Crippen molar-refractivity contribution in [1.29, 1.82) is 0 Å². The molecule has 1 atom stereocenters. The molecule has 1 aromatic rings. The molecular weight excluding hydrogens is 207 g/mol. The van der Waals surface area contributed by atoms with Crippen molar-refractivity contribution in [3.8, 4) is 11.5 Å². The lowest BCUT2D eigenvalue weighted by Crippen LogP contribution is -2.08. The molecule has 0 radical (unpaired) electrons. The fourth-order valence-electron chi connectivity index (χ4n) is 1.41. The summed E-state index contributed by atoms with van der Waals surface area (Å²) in [6.45, 7) is 7.47. The molecule has 1 rings (SSSR count). The quantitative estimate of drug-likeness (QED) is 0.718. The zero-order valence-electron chi connectivity index (χ0n) is 9.67. The maximum absolute atomic E-state index is 5.57. The molecule has 15 heavy (non-hydrogen) atoms. The van der Waals surface area contributed by atoms with Gasteiger partial charge in [0.25, 0.3) is 0 Å². The van der Waals surface area contributed by atoms with Gasteiger partial charge in [0.05, 0.1) is 18.5 Å². The molecule has 0 fully saturated rings. The molecule has 84 valence electrons. The summed E-state index contributed by atoms with van der Waals surface area (Å²) in [5.74, 6) is 1.82. The molecule has 0 bridgehead atoms. The van der Waals surface area contributed by atoms with Crippen LogP contribution in [0.2, 0.25) is 0 Å². The Morgan fingerprint density at radius 3 is 1.80 bits per heavy atom. The van der Waals surface area contributed by atoms with E-state index in [9.17, 15) is 0 Å². The molecule has 0 heterocycles. The van der Waals surface area contributed by atoms with Crippen molar-refractivity contribution >= 4 is 14.5 Å². The molecule has 3 heteroatoms. The third kappa shape index (κ3) is 3.10. The van der Waals surface area contributed by atoms with Gasteiger partial charge in [-0.2, -0.15) is 0 Å². The Labute approximate surface area is 94.2 Å². The van der Waals surface area contributed by atoms with Crippen LogP contribution in [-0.2, 0) is 6.42 Å². The highest BCUT2D eigenvalue weighted by molar-refractivity contribution is 7.28. The average molecular weight is 226 g/mol. The summed E-state index contributed by atoms with van der Waals surface area (Å²) >= 11 is 0. The Hall–Kier alpha value is -0.750. The molecule has 0 aliphatic carbocycles. The topological polar surface area (TPSA) is 18.5 Å². The zero-order valence-corrected chi connectivity index (χ0v) is 10.8. The molecule has 0 amide bonds. The molecule has 0 spiro atoms. The number of benzene rings is 1. The fraction of sp³-hybridized carbons (Fsp3) is 0.500. The van der Waals surface area contributed by atoms with Crippen LogP contribution >= 0.6 is 9.24 Å². The van der Waals surface area contributed by atoms with Crippen molar-refractivity contribution in [3.63, 3.8) is 0 Å². The minimum Gasteiger partial charge on any atom is -0.493 e. The summed E-state index contributed by atoms with van der Waals surface area (Å²) in [6, 6.07) is 4.16. The number of rotatable bonds is 5. The lowest BCUT2D eigenvalue weighted by molar-refractivity contribution is 0.328. The number of hydrogen-bond donors (Lipinski definition) is 0. The van der Waals surface area contributed by atoms with Gasteiger partial charge in [-0.15, -0.1) is 0 Å². The van der Waals surface area contributed by atoms with Gasteiger partial charge in [-0.3, -0.25) is 0 Å². The van der Waals surface area contributed by atoms with E-state index in [-0.39, 0.29) is 0 Å². The Balaban J connectivity index is 3.08. The van der Waals surface area contributed by atoms with Gasteiger partial charge in [0.1, 0.15) is 11.5 Å². The predicted molar refractivity (Wildman–Crippen MR) is 67.5 cm³/mol. The summed E-state index contributed by atoms with van der Waals surface area (Å²) < 4.78 is 11.1. The fourth-order valence-corrected chi connectivity index (χ4v) is 1.74. The molecule has 0 N–H and O–H groups in total. The molecule has 0 saturated heterocycles. The largest absolute Gasteiger partial charge is 0.493 e. The lowest BCUT2D eigenvalue weighted by atomic mass is 10.1. The number of ether oxygens (including phenoxy) is 2. The minimum atomic E-state index is 0.681. The van der Waals surface area contributed by atoms with Crippen LogP contribution in [0.1, 0.15) is 26.3 Å². The van der Waals surface area contributed by atoms with Gasteiger partial charge >= 0.3 is 0 Å². The SMILES string of the molecule is CCOc1cc(CC)cc(OCC)c1P. The van der Waals surface area contributed by atoms with Gasteiger partial charge in [0.15, 0.2) is 0 Å². The normalized spacial score (nSPS) is 10.1. The van der Waals surface area contributed by atoms with E-state index in [2.05, 4.69) is 28.3 Å². The molecular formula is C12H19O2P. The molecule has 2 nitrogen and oxygen atoms in total. The summed E-state index contributed by atoms with van der Waals surface area (Å²) in [6.07, 6.45) is 0.991. The third-order valence-corrected chi connectivity index (χ3v) is 2.74. The van der Waals surface area contributed by atoms with Crippen LogP contribution in [0.3, 0.4) is 0 Å². The second kappa shape index (κ2) is 5.97. The Morgan fingerprint density at radius 2 is 1.47 bits per heavy atom. The summed E-state index contributed by atoms with van der Waals surface area (Å²) in [5, 5.41) is 1.01. The zero-order chi connectivity index (χ0) is 11.3. The van der Waals surface area contributed by atoms with Crippen LogP contribution in [0.4, 0.5) is 0 Å². The average Bonchev–Trinajstić information content (AvgIpc) is 2.24. The van der Waals surface area contributed by atoms with E-state index in [0.717, 1.165) is 23.2 Å². The van der Waals surface area contributed by atoms with Crippen molar-refractivity contribution < 1.29 is 9.47 Å². The van der Waals surface area contributed by atoms with Gasteiger partial charge in [-0.1, -0.05) is 16.2 Å². The first-order chi connectivity index (χ1) is 7.22. The molecule has 1 unspecified atom stereocenters. The summed E-state index contributed by atoms with van der Waals surface area (Å²) in [4.78, 5) is 0. The van der Waals surface area contributed by atoms with Gasteiger partial charge in [-0.05, 0) is 38.0 Å². The Morgan fingerprint density at radius 1 is 1.00 bits per heavy atom. The number of aryl methyl sites for hydroxylation is 1. The lowest BCUT2D eigenvalue weighted by Gasteiger charge is -2.13. The van der Waals surface area contributed by atoms with Crippen molar-refractivity contribution in [2.24, 2.45) is 0 Å². The second-order valence-corrected chi connectivity index (χ2v) is 3.80. The van der Waals surface area contributed by atoms with E-state index in [1.165, 1.54) is 5.56 Å². The highest BCUT2D eigenvalue weighted by atomic mass is 31.0. The van der Waals surface area contributed by atoms with Crippen LogP contribution in [0.25, 0.3) is 0 Å². The van der Waals surface area contributed by atoms with Crippen molar-refractivity contribution in [1.82, 2.24) is 0 Å². The van der Waals surface area contributed by atoms with Crippen molar-refractivity contribution in [3.05, 3.63) is 17.7 Å². The highest BCUT2D eigenvalue weighted by Gasteiger charge is 2.08. The maximum Gasteiger partial charge on any atom is 0.130 e. The van der Waals surface area contributed by atoms with Gasteiger partial charge in [0.2, 0.25) is 0 Å².